The van der Waals surface area contributed by atoms with E-state index in [1.165, 1.54) is 38.2 Å². The summed E-state index contributed by atoms with van der Waals surface area (Å²) in [6.07, 6.45) is 0. The molecule has 0 spiro atoms. The van der Waals surface area contributed by atoms with Crippen molar-refractivity contribution in [1.82, 2.24) is 0 Å². The Morgan fingerprint density at radius 1 is 0.581 bits per heavy atom. The Hall–Kier alpha value is -2.31. The molecule has 4 rings (SSSR count). The molecule has 0 nitrogen and oxygen atoms in total. The third-order valence-corrected chi connectivity index (χ3v) is 5.67. The van der Waals surface area contributed by atoms with E-state index in [1.54, 1.807) is 0 Å². The van der Waals surface area contributed by atoms with Gasteiger partial charge in [0, 0.05) is 5.02 Å². The van der Waals surface area contributed by atoms with Gasteiger partial charge >= 0.3 is 0 Å². The molecular formula is C30H37Cl. The first-order valence-corrected chi connectivity index (χ1v) is 11.0. The average molecular weight is 433 g/mol. The summed E-state index contributed by atoms with van der Waals surface area (Å²) in [6, 6.07) is 25.7. The van der Waals surface area contributed by atoms with Gasteiger partial charge in [0.05, 0.1) is 0 Å². The van der Waals surface area contributed by atoms with Crippen LogP contribution in [0.3, 0.4) is 0 Å². The third kappa shape index (κ3) is 5.89. The SMILES string of the molecule is C.CC(C)(C)c1cc(Cl)cc2ccccc12.Cc1cc(C(C)(C)C)c2ccccc2c1. The van der Waals surface area contributed by atoms with E-state index in [0.717, 1.165) is 5.02 Å². The minimum absolute atomic E-state index is 0. The molecule has 0 radical (unpaired) electrons. The zero-order valence-corrected chi connectivity index (χ0v) is 20.1. The van der Waals surface area contributed by atoms with Crippen molar-refractivity contribution in [1.29, 1.82) is 0 Å². The first kappa shape index (κ1) is 25.0. The smallest absolute Gasteiger partial charge is 0.0415 e. The Balaban J connectivity index is 0.000000213. The molecule has 164 valence electrons. The Morgan fingerprint density at radius 2 is 1.00 bits per heavy atom. The van der Waals surface area contributed by atoms with E-state index in [0.29, 0.717) is 0 Å². The lowest BCUT2D eigenvalue weighted by Crippen LogP contribution is -2.11. The lowest BCUT2D eigenvalue weighted by Gasteiger charge is -2.22. The molecular weight excluding hydrogens is 396 g/mol. The zero-order chi connectivity index (χ0) is 22.1. The van der Waals surface area contributed by atoms with Gasteiger partial charge in [0.1, 0.15) is 0 Å². The summed E-state index contributed by atoms with van der Waals surface area (Å²) in [5.41, 5.74) is 4.44. The average Bonchev–Trinajstić information content (AvgIpc) is 2.65. The summed E-state index contributed by atoms with van der Waals surface area (Å²) >= 11 is 6.13. The number of hydrogen-bond acceptors (Lipinski definition) is 0. The summed E-state index contributed by atoms with van der Waals surface area (Å²) < 4.78 is 0. The largest absolute Gasteiger partial charge is 0.0843 e. The maximum atomic E-state index is 6.13. The van der Waals surface area contributed by atoms with E-state index in [2.05, 4.69) is 109 Å². The van der Waals surface area contributed by atoms with Crippen molar-refractivity contribution in [2.75, 3.05) is 0 Å². The van der Waals surface area contributed by atoms with Crippen LogP contribution in [0.25, 0.3) is 21.5 Å². The summed E-state index contributed by atoms with van der Waals surface area (Å²) in [5.74, 6) is 0. The van der Waals surface area contributed by atoms with Gasteiger partial charge in [0.2, 0.25) is 0 Å². The molecule has 0 atom stereocenters. The van der Waals surface area contributed by atoms with Gasteiger partial charge in [-0.25, -0.2) is 0 Å². The van der Waals surface area contributed by atoms with Gasteiger partial charge in [-0.05, 0) is 62.6 Å². The molecule has 4 aromatic carbocycles. The van der Waals surface area contributed by atoms with E-state index in [4.69, 9.17) is 11.6 Å². The molecule has 0 heterocycles. The predicted octanol–water partition coefficient (Wildman–Crippen LogP) is 9.87. The Bertz CT molecular complexity index is 1080. The summed E-state index contributed by atoms with van der Waals surface area (Å²) in [7, 11) is 0. The summed E-state index contributed by atoms with van der Waals surface area (Å²) in [6.45, 7) is 15.6. The molecule has 0 aliphatic rings. The van der Waals surface area contributed by atoms with Crippen molar-refractivity contribution in [3.8, 4) is 0 Å². The first-order chi connectivity index (χ1) is 14.0. The molecule has 0 saturated carbocycles. The number of benzene rings is 4. The van der Waals surface area contributed by atoms with Gasteiger partial charge in [-0.3, -0.25) is 0 Å². The predicted molar refractivity (Wildman–Crippen MR) is 142 cm³/mol. The van der Waals surface area contributed by atoms with Crippen LogP contribution in [0.2, 0.25) is 5.02 Å². The quantitative estimate of drug-likeness (QED) is 0.259. The van der Waals surface area contributed by atoms with E-state index in [1.807, 2.05) is 12.1 Å². The minimum atomic E-state index is 0. The van der Waals surface area contributed by atoms with Crippen LogP contribution in [-0.4, -0.2) is 0 Å². The second-order valence-electron chi connectivity index (χ2n) is 10.2. The fraction of sp³-hybridized carbons (Fsp3) is 0.333. The second-order valence-corrected chi connectivity index (χ2v) is 10.6. The molecule has 0 amide bonds. The lowest BCUT2D eigenvalue weighted by molar-refractivity contribution is 0.595. The summed E-state index contributed by atoms with van der Waals surface area (Å²) in [4.78, 5) is 0. The highest BCUT2D eigenvalue weighted by molar-refractivity contribution is 6.31. The van der Waals surface area contributed by atoms with E-state index >= 15 is 0 Å². The van der Waals surface area contributed by atoms with Crippen molar-refractivity contribution in [2.45, 2.75) is 66.7 Å². The van der Waals surface area contributed by atoms with Gasteiger partial charge in [-0.15, -0.1) is 0 Å². The number of fused-ring (bicyclic) bond motifs is 2. The number of rotatable bonds is 0. The number of halogens is 1. The van der Waals surface area contributed by atoms with Crippen LogP contribution in [0, 0.1) is 6.92 Å². The van der Waals surface area contributed by atoms with Crippen molar-refractivity contribution in [3.05, 3.63) is 94.5 Å². The van der Waals surface area contributed by atoms with Gasteiger partial charge in [0.25, 0.3) is 0 Å². The maximum absolute atomic E-state index is 6.13. The molecule has 0 N–H and O–H groups in total. The van der Waals surface area contributed by atoms with Crippen LogP contribution in [0.5, 0.6) is 0 Å². The molecule has 0 saturated heterocycles. The molecule has 31 heavy (non-hydrogen) atoms. The van der Waals surface area contributed by atoms with Crippen molar-refractivity contribution in [2.24, 2.45) is 0 Å². The van der Waals surface area contributed by atoms with Gasteiger partial charge in [-0.1, -0.05) is 127 Å². The fourth-order valence-electron chi connectivity index (χ4n) is 3.98. The van der Waals surface area contributed by atoms with Crippen molar-refractivity contribution >= 4 is 33.1 Å². The monoisotopic (exact) mass is 432 g/mol. The molecule has 0 bridgehead atoms. The molecule has 0 unspecified atom stereocenters. The van der Waals surface area contributed by atoms with Crippen LogP contribution in [-0.2, 0) is 10.8 Å². The van der Waals surface area contributed by atoms with Crippen LogP contribution in [0.4, 0.5) is 0 Å². The summed E-state index contributed by atoms with van der Waals surface area (Å²) in [5, 5.41) is 6.07. The Labute approximate surface area is 194 Å². The minimum Gasteiger partial charge on any atom is -0.0843 e. The molecule has 0 aliphatic carbocycles. The molecule has 0 aromatic heterocycles. The van der Waals surface area contributed by atoms with Crippen molar-refractivity contribution < 1.29 is 0 Å². The maximum Gasteiger partial charge on any atom is 0.0415 e. The first-order valence-electron chi connectivity index (χ1n) is 10.7. The molecule has 0 fully saturated rings. The van der Waals surface area contributed by atoms with Gasteiger partial charge in [0.15, 0.2) is 0 Å². The zero-order valence-electron chi connectivity index (χ0n) is 19.3. The highest BCUT2D eigenvalue weighted by Gasteiger charge is 2.18. The molecule has 1 heteroatoms. The van der Waals surface area contributed by atoms with Gasteiger partial charge < -0.3 is 0 Å². The number of hydrogen-bond donors (Lipinski definition) is 0. The van der Waals surface area contributed by atoms with E-state index in [-0.39, 0.29) is 18.3 Å². The highest BCUT2D eigenvalue weighted by atomic mass is 35.5. The van der Waals surface area contributed by atoms with Crippen LogP contribution < -0.4 is 0 Å². The lowest BCUT2D eigenvalue weighted by atomic mass is 9.83. The van der Waals surface area contributed by atoms with Crippen LogP contribution in [0.15, 0.2) is 72.8 Å². The Kier molecular flexibility index (Phi) is 7.61. The highest BCUT2D eigenvalue weighted by Crippen LogP contribution is 2.33. The third-order valence-electron chi connectivity index (χ3n) is 5.45. The molecule has 0 aliphatic heterocycles. The van der Waals surface area contributed by atoms with Gasteiger partial charge in [-0.2, -0.15) is 0 Å². The fourth-order valence-corrected chi connectivity index (χ4v) is 4.20. The topological polar surface area (TPSA) is 0 Å². The normalized spacial score (nSPS) is 11.6. The molecule has 4 aromatic rings. The standard InChI is InChI=1S/C15H18.C14H15Cl.CH4/c1-11-9-12-7-5-6-8-13(12)14(10-11)15(2,3)4;1-14(2,3)13-9-11(15)8-10-6-4-5-7-12(10)13;/h5-10H,1-4H3;4-9H,1-3H3;1H4. The second kappa shape index (κ2) is 9.45. The van der Waals surface area contributed by atoms with Crippen molar-refractivity contribution in [3.63, 3.8) is 0 Å². The number of aryl methyl sites for hydroxylation is 1. The van der Waals surface area contributed by atoms with E-state index < -0.39 is 0 Å². The Morgan fingerprint density at radius 3 is 1.48 bits per heavy atom. The van der Waals surface area contributed by atoms with E-state index in [9.17, 15) is 0 Å². The van der Waals surface area contributed by atoms with Crippen LogP contribution >= 0.6 is 11.6 Å². The van der Waals surface area contributed by atoms with Crippen LogP contribution in [0.1, 0.15) is 65.7 Å².